The van der Waals surface area contributed by atoms with Gasteiger partial charge in [-0.25, -0.2) is 14.3 Å². The predicted octanol–water partition coefficient (Wildman–Crippen LogP) is 2.28. The van der Waals surface area contributed by atoms with Crippen LogP contribution in [0.4, 0.5) is 5.69 Å². The normalized spacial score (nSPS) is 10.2. The van der Waals surface area contributed by atoms with Gasteiger partial charge in [0.2, 0.25) is 11.6 Å². The minimum atomic E-state index is -0.865. The maximum absolute atomic E-state index is 12.4. The standard InChI is InChI=1S/C20H18N4O6/c1-28-19(26)17-18(20(27)29-2)24(23-22-17)12-16(25)21-13-8-10-15(11-9-13)30-14-6-4-3-5-7-14/h3-11H,12H2,1-2H3,(H,21,25). The Labute approximate surface area is 171 Å². The molecule has 0 spiro atoms. The number of anilines is 1. The minimum absolute atomic E-state index is 0.272. The van der Waals surface area contributed by atoms with Crippen LogP contribution in [0.15, 0.2) is 54.6 Å². The van der Waals surface area contributed by atoms with E-state index < -0.39 is 17.8 Å². The van der Waals surface area contributed by atoms with Gasteiger partial charge in [0, 0.05) is 5.69 Å². The van der Waals surface area contributed by atoms with Crippen LogP contribution in [0.3, 0.4) is 0 Å². The number of aromatic nitrogens is 3. The number of carbonyl (C=O) groups is 3. The number of rotatable bonds is 7. The van der Waals surface area contributed by atoms with Crippen molar-refractivity contribution < 1.29 is 28.6 Å². The molecular weight excluding hydrogens is 392 g/mol. The van der Waals surface area contributed by atoms with E-state index in [0.29, 0.717) is 17.2 Å². The van der Waals surface area contributed by atoms with Crippen molar-refractivity contribution in [3.05, 3.63) is 66.0 Å². The van der Waals surface area contributed by atoms with Crippen molar-refractivity contribution in [2.75, 3.05) is 19.5 Å². The molecule has 1 aromatic heterocycles. The number of carbonyl (C=O) groups excluding carboxylic acids is 3. The molecule has 0 saturated heterocycles. The Hall–Kier alpha value is -4.21. The van der Waals surface area contributed by atoms with Crippen LogP contribution in [0, 0.1) is 0 Å². The fraction of sp³-hybridized carbons (Fsp3) is 0.150. The van der Waals surface area contributed by atoms with Crippen molar-refractivity contribution in [3.63, 3.8) is 0 Å². The van der Waals surface area contributed by atoms with Gasteiger partial charge < -0.3 is 19.5 Å². The average Bonchev–Trinajstić information content (AvgIpc) is 3.18. The van der Waals surface area contributed by atoms with Crippen molar-refractivity contribution >= 4 is 23.5 Å². The highest BCUT2D eigenvalue weighted by molar-refractivity contribution is 6.01. The van der Waals surface area contributed by atoms with E-state index in [-0.39, 0.29) is 17.9 Å². The fourth-order valence-electron chi connectivity index (χ4n) is 2.52. The summed E-state index contributed by atoms with van der Waals surface area (Å²) in [6.45, 7) is -0.364. The predicted molar refractivity (Wildman–Crippen MR) is 104 cm³/mol. The highest BCUT2D eigenvalue weighted by atomic mass is 16.5. The second-order valence-corrected chi connectivity index (χ2v) is 5.92. The molecule has 10 heteroatoms. The summed E-state index contributed by atoms with van der Waals surface area (Å²) in [5, 5.41) is 9.96. The van der Waals surface area contributed by atoms with Gasteiger partial charge in [0.05, 0.1) is 14.2 Å². The lowest BCUT2D eigenvalue weighted by Gasteiger charge is -2.09. The maximum atomic E-state index is 12.4. The number of nitrogens with one attached hydrogen (secondary N) is 1. The zero-order chi connectivity index (χ0) is 21.5. The largest absolute Gasteiger partial charge is 0.464 e. The lowest BCUT2D eigenvalue weighted by Crippen LogP contribution is -2.23. The maximum Gasteiger partial charge on any atom is 0.361 e. The molecule has 2 aromatic carbocycles. The molecule has 1 heterocycles. The molecule has 3 aromatic rings. The first kappa shape index (κ1) is 20.5. The summed E-state index contributed by atoms with van der Waals surface area (Å²) in [7, 11) is 2.28. The van der Waals surface area contributed by atoms with E-state index in [0.717, 1.165) is 18.9 Å². The van der Waals surface area contributed by atoms with E-state index in [4.69, 9.17) is 4.74 Å². The summed E-state index contributed by atoms with van der Waals surface area (Å²) in [5.74, 6) is -0.923. The number of esters is 2. The van der Waals surface area contributed by atoms with Crippen molar-refractivity contribution in [2.45, 2.75) is 6.54 Å². The summed E-state index contributed by atoms with van der Waals surface area (Å²) in [6.07, 6.45) is 0. The van der Waals surface area contributed by atoms with Gasteiger partial charge in [-0.2, -0.15) is 0 Å². The van der Waals surface area contributed by atoms with E-state index in [2.05, 4.69) is 25.1 Å². The van der Waals surface area contributed by atoms with Gasteiger partial charge in [-0.05, 0) is 36.4 Å². The highest BCUT2D eigenvalue weighted by Crippen LogP contribution is 2.22. The Bertz CT molecular complexity index is 1050. The Morgan fingerprint density at radius 1 is 0.900 bits per heavy atom. The van der Waals surface area contributed by atoms with Crippen LogP contribution in [-0.2, 0) is 20.8 Å². The summed E-state index contributed by atoms with van der Waals surface area (Å²) >= 11 is 0. The van der Waals surface area contributed by atoms with E-state index in [9.17, 15) is 14.4 Å². The minimum Gasteiger partial charge on any atom is -0.464 e. The number of hydrogen-bond donors (Lipinski definition) is 1. The number of hydrogen-bond acceptors (Lipinski definition) is 8. The van der Waals surface area contributed by atoms with Crippen LogP contribution in [0.25, 0.3) is 0 Å². The zero-order valence-corrected chi connectivity index (χ0v) is 16.2. The smallest absolute Gasteiger partial charge is 0.361 e. The Balaban J connectivity index is 1.68. The molecule has 154 valence electrons. The first-order valence-corrected chi connectivity index (χ1v) is 8.74. The fourth-order valence-corrected chi connectivity index (χ4v) is 2.52. The van der Waals surface area contributed by atoms with Gasteiger partial charge in [-0.3, -0.25) is 4.79 Å². The van der Waals surface area contributed by atoms with Gasteiger partial charge in [-0.15, -0.1) is 5.10 Å². The number of nitrogens with zero attached hydrogens (tertiary/aromatic N) is 3. The monoisotopic (exact) mass is 410 g/mol. The molecule has 10 nitrogen and oxygen atoms in total. The quantitative estimate of drug-likeness (QED) is 0.589. The summed E-state index contributed by atoms with van der Waals surface area (Å²) in [4.78, 5) is 36.1. The van der Waals surface area contributed by atoms with Crippen LogP contribution >= 0.6 is 0 Å². The molecule has 1 N–H and O–H groups in total. The van der Waals surface area contributed by atoms with Crippen LogP contribution in [0.5, 0.6) is 11.5 Å². The summed E-state index contributed by atoms with van der Waals surface area (Å²) in [5.41, 5.74) is -0.0981. The number of para-hydroxylation sites is 1. The summed E-state index contributed by atoms with van der Waals surface area (Å²) in [6, 6.07) is 16.0. The number of benzene rings is 2. The molecule has 1 amide bonds. The molecule has 0 aliphatic rings. The van der Waals surface area contributed by atoms with E-state index >= 15 is 0 Å². The number of amides is 1. The molecule has 0 aliphatic carbocycles. The topological polar surface area (TPSA) is 122 Å². The Morgan fingerprint density at radius 3 is 2.17 bits per heavy atom. The van der Waals surface area contributed by atoms with Crippen LogP contribution in [-0.4, -0.2) is 47.1 Å². The molecule has 0 aliphatic heterocycles. The van der Waals surface area contributed by atoms with Gasteiger partial charge in [0.1, 0.15) is 18.0 Å². The van der Waals surface area contributed by atoms with E-state index in [1.165, 1.54) is 0 Å². The SMILES string of the molecule is COC(=O)c1nnn(CC(=O)Nc2ccc(Oc3ccccc3)cc2)c1C(=O)OC. The first-order valence-electron chi connectivity index (χ1n) is 8.74. The molecule has 3 rings (SSSR count). The lowest BCUT2D eigenvalue weighted by molar-refractivity contribution is -0.116. The van der Waals surface area contributed by atoms with Gasteiger partial charge in [-0.1, -0.05) is 23.4 Å². The molecule has 0 bridgehead atoms. The average molecular weight is 410 g/mol. The molecular formula is C20H18N4O6. The van der Waals surface area contributed by atoms with Crippen LogP contribution in [0.1, 0.15) is 21.0 Å². The molecule has 0 radical (unpaired) electrons. The van der Waals surface area contributed by atoms with E-state index in [1.807, 2.05) is 30.3 Å². The third-order valence-electron chi connectivity index (χ3n) is 3.90. The third kappa shape index (κ3) is 4.79. The van der Waals surface area contributed by atoms with E-state index in [1.54, 1.807) is 24.3 Å². The Kier molecular flexibility index (Phi) is 6.38. The number of ether oxygens (including phenoxy) is 3. The lowest BCUT2D eigenvalue weighted by atomic mass is 10.3. The summed E-state index contributed by atoms with van der Waals surface area (Å²) < 4.78 is 15.9. The van der Waals surface area contributed by atoms with Crippen LogP contribution in [0.2, 0.25) is 0 Å². The molecule has 0 atom stereocenters. The van der Waals surface area contributed by atoms with Crippen molar-refractivity contribution in [1.29, 1.82) is 0 Å². The Morgan fingerprint density at radius 2 is 1.53 bits per heavy atom. The molecule has 30 heavy (non-hydrogen) atoms. The van der Waals surface area contributed by atoms with Gasteiger partial charge in [0.25, 0.3) is 0 Å². The van der Waals surface area contributed by atoms with Gasteiger partial charge in [0.15, 0.2) is 5.69 Å². The molecule has 0 unspecified atom stereocenters. The number of methoxy groups -OCH3 is 2. The third-order valence-corrected chi connectivity index (χ3v) is 3.90. The van der Waals surface area contributed by atoms with Crippen LogP contribution < -0.4 is 10.1 Å². The zero-order valence-electron chi connectivity index (χ0n) is 16.2. The second kappa shape index (κ2) is 9.32. The highest BCUT2D eigenvalue weighted by Gasteiger charge is 2.27. The van der Waals surface area contributed by atoms with Crippen molar-refractivity contribution in [2.24, 2.45) is 0 Å². The van der Waals surface area contributed by atoms with Crippen molar-refractivity contribution in [1.82, 2.24) is 15.0 Å². The van der Waals surface area contributed by atoms with Crippen molar-refractivity contribution in [3.8, 4) is 11.5 Å². The second-order valence-electron chi connectivity index (χ2n) is 5.92. The molecule has 0 fully saturated rings. The van der Waals surface area contributed by atoms with Gasteiger partial charge >= 0.3 is 11.9 Å². The first-order chi connectivity index (χ1) is 14.5. The molecule has 0 saturated carbocycles.